The largest absolute Gasteiger partial charge is 0.354 e. The molecule has 0 spiro atoms. The predicted molar refractivity (Wildman–Crippen MR) is 88.8 cm³/mol. The van der Waals surface area contributed by atoms with Crippen molar-refractivity contribution < 1.29 is 9.72 Å². The first kappa shape index (κ1) is 17.0. The number of nitro benzene ring substituents is 1. The average Bonchev–Trinajstić information content (AvgIpc) is 2.89. The number of aromatic nitrogens is 1. The Balaban J connectivity index is 2.03. The third-order valence-electron chi connectivity index (χ3n) is 3.68. The molecule has 1 aromatic heterocycles. The molecule has 122 valence electrons. The molecule has 1 amide bonds. The van der Waals surface area contributed by atoms with Crippen LogP contribution in [-0.2, 0) is 13.5 Å². The molecule has 0 saturated carbocycles. The van der Waals surface area contributed by atoms with E-state index in [1.807, 2.05) is 36.9 Å². The first-order valence-corrected chi connectivity index (χ1v) is 7.62. The number of hydrogen-bond acceptors (Lipinski definition) is 3. The lowest BCUT2D eigenvalue weighted by atomic mass is 10.1. The van der Waals surface area contributed by atoms with Crippen molar-refractivity contribution in [3.63, 3.8) is 0 Å². The molecule has 1 N–H and O–H groups in total. The first-order chi connectivity index (χ1) is 10.9. The van der Waals surface area contributed by atoms with Crippen LogP contribution in [0.5, 0.6) is 0 Å². The minimum absolute atomic E-state index is 0.0202. The van der Waals surface area contributed by atoms with Gasteiger partial charge in [0.15, 0.2) is 0 Å². The number of amides is 1. The van der Waals surface area contributed by atoms with Crippen LogP contribution in [0.1, 0.15) is 29.4 Å². The Morgan fingerprint density at radius 3 is 2.74 bits per heavy atom. The topological polar surface area (TPSA) is 77.2 Å². The van der Waals surface area contributed by atoms with Crippen molar-refractivity contribution in [3.8, 4) is 0 Å². The van der Waals surface area contributed by atoms with Crippen molar-refractivity contribution >= 4 is 23.2 Å². The molecule has 2 rings (SSSR count). The molecule has 2 aromatic rings. The summed E-state index contributed by atoms with van der Waals surface area (Å²) in [5, 5.41) is 13.8. The molecule has 1 aromatic carbocycles. The molecule has 6 nitrogen and oxygen atoms in total. The Morgan fingerprint density at radius 2 is 2.13 bits per heavy atom. The first-order valence-electron chi connectivity index (χ1n) is 7.24. The van der Waals surface area contributed by atoms with Gasteiger partial charge in [0.25, 0.3) is 5.91 Å². The second-order valence-electron chi connectivity index (χ2n) is 5.42. The van der Waals surface area contributed by atoms with Crippen molar-refractivity contribution in [1.29, 1.82) is 0 Å². The number of halogens is 1. The van der Waals surface area contributed by atoms with E-state index in [1.54, 1.807) is 0 Å². The quantitative estimate of drug-likeness (QED) is 0.649. The molecule has 0 aliphatic heterocycles. The summed E-state index contributed by atoms with van der Waals surface area (Å²) in [4.78, 5) is 22.7. The Bertz CT molecular complexity index is 727. The van der Waals surface area contributed by atoms with Crippen LogP contribution < -0.4 is 5.32 Å². The summed E-state index contributed by atoms with van der Waals surface area (Å²) in [5.41, 5.74) is 0.786. The van der Waals surface area contributed by atoms with E-state index in [1.165, 1.54) is 23.9 Å². The molecule has 1 unspecified atom stereocenters. The lowest BCUT2D eigenvalue weighted by molar-refractivity contribution is -0.385. The number of aryl methyl sites for hydroxylation is 2. The molecule has 23 heavy (non-hydrogen) atoms. The van der Waals surface area contributed by atoms with Crippen LogP contribution in [-0.4, -0.2) is 21.4 Å². The second-order valence-corrected chi connectivity index (χ2v) is 5.82. The normalized spacial score (nSPS) is 12.0. The van der Waals surface area contributed by atoms with Crippen LogP contribution in [0.25, 0.3) is 0 Å². The number of para-hydroxylation sites is 1. The predicted octanol–water partition coefficient (Wildman–Crippen LogP) is 3.34. The van der Waals surface area contributed by atoms with Crippen LogP contribution in [0, 0.1) is 10.1 Å². The summed E-state index contributed by atoms with van der Waals surface area (Å²) < 4.78 is 2.02. The van der Waals surface area contributed by atoms with Gasteiger partial charge in [-0.1, -0.05) is 17.7 Å². The van der Waals surface area contributed by atoms with Gasteiger partial charge in [-0.3, -0.25) is 14.9 Å². The highest BCUT2D eigenvalue weighted by atomic mass is 35.5. The molecular formula is C16H18ClN3O3. The second kappa shape index (κ2) is 7.28. The van der Waals surface area contributed by atoms with Crippen LogP contribution in [0.3, 0.4) is 0 Å². The lowest BCUT2D eigenvalue weighted by Gasteiger charge is -2.14. The summed E-state index contributed by atoms with van der Waals surface area (Å²) in [5.74, 6) is -0.487. The van der Waals surface area contributed by atoms with Crippen LogP contribution in [0.15, 0.2) is 36.5 Å². The van der Waals surface area contributed by atoms with Crippen molar-refractivity contribution in [2.45, 2.75) is 25.8 Å². The number of benzene rings is 1. The molecule has 0 aliphatic rings. The minimum Gasteiger partial charge on any atom is -0.354 e. The fraction of sp³-hybridized carbons (Fsp3) is 0.312. The van der Waals surface area contributed by atoms with Crippen molar-refractivity contribution in [3.05, 3.63) is 62.9 Å². The van der Waals surface area contributed by atoms with Crippen molar-refractivity contribution in [2.24, 2.45) is 7.05 Å². The fourth-order valence-electron chi connectivity index (χ4n) is 2.38. The molecule has 0 radical (unpaired) electrons. The number of nitrogens with zero attached hydrogens (tertiary/aromatic N) is 2. The van der Waals surface area contributed by atoms with Crippen LogP contribution in [0.4, 0.5) is 5.69 Å². The Kier molecular flexibility index (Phi) is 5.39. The van der Waals surface area contributed by atoms with E-state index in [9.17, 15) is 14.9 Å². The van der Waals surface area contributed by atoms with Gasteiger partial charge in [-0.05, 0) is 44.0 Å². The van der Waals surface area contributed by atoms with E-state index in [0.29, 0.717) is 0 Å². The van der Waals surface area contributed by atoms with Crippen LogP contribution in [0.2, 0.25) is 5.02 Å². The summed E-state index contributed by atoms with van der Waals surface area (Å²) in [6.07, 6.45) is 3.51. The molecule has 7 heteroatoms. The van der Waals surface area contributed by atoms with E-state index in [0.717, 1.165) is 12.8 Å². The van der Waals surface area contributed by atoms with Crippen molar-refractivity contribution in [1.82, 2.24) is 9.88 Å². The van der Waals surface area contributed by atoms with E-state index >= 15 is 0 Å². The Hall–Kier alpha value is -2.34. The lowest BCUT2D eigenvalue weighted by Crippen LogP contribution is -2.33. The van der Waals surface area contributed by atoms with E-state index in [-0.39, 0.29) is 22.3 Å². The van der Waals surface area contributed by atoms with Gasteiger partial charge in [-0.15, -0.1) is 0 Å². The third kappa shape index (κ3) is 4.10. The molecular weight excluding hydrogens is 318 g/mol. The maximum absolute atomic E-state index is 12.3. The molecule has 0 bridgehead atoms. The fourth-order valence-corrected chi connectivity index (χ4v) is 2.62. The van der Waals surface area contributed by atoms with Crippen LogP contribution >= 0.6 is 11.6 Å². The summed E-state index contributed by atoms with van der Waals surface area (Å²) in [6, 6.07) is 8.21. The minimum atomic E-state index is -0.633. The standard InChI is InChI=1S/C16H18ClN3O3/c1-11(8-9-12-5-4-10-19(12)2)18-16(21)13-6-3-7-14(17)15(13)20(22)23/h3-7,10-11H,8-9H2,1-2H3,(H,18,21). The maximum Gasteiger partial charge on any atom is 0.300 e. The SMILES string of the molecule is CC(CCc1cccn1C)NC(=O)c1cccc(Cl)c1[N+](=O)[O-]. The van der Waals surface area contributed by atoms with Gasteiger partial charge in [0.1, 0.15) is 10.6 Å². The zero-order valence-electron chi connectivity index (χ0n) is 13.0. The summed E-state index contributed by atoms with van der Waals surface area (Å²) >= 11 is 5.83. The Labute approximate surface area is 139 Å². The molecule has 1 heterocycles. The van der Waals surface area contributed by atoms with Gasteiger partial charge < -0.3 is 9.88 Å². The van der Waals surface area contributed by atoms with Gasteiger partial charge >= 0.3 is 5.69 Å². The zero-order valence-corrected chi connectivity index (χ0v) is 13.7. The van der Waals surface area contributed by atoms with Gasteiger partial charge in [-0.25, -0.2) is 0 Å². The maximum atomic E-state index is 12.3. The summed E-state index contributed by atoms with van der Waals surface area (Å²) in [7, 11) is 1.97. The zero-order chi connectivity index (χ0) is 17.0. The number of carbonyl (C=O) groups excluding carboxylic acids is 1. The molecule has 0 saturated heterocycles. The highest BCUT2D eigenvalue weighted by Gasteiger charge is 2.24. The smallest absolute Gasteiger partial charge is 0.300 e. The molecule has 0 aliphatic carbocycles. The molecule has 0 fully saturated rings. The van der Waals surface area contributed by atoms with Gasteiger partial charge in [0, 0.05) is 25.0 Å². The van der Waals surface area contributed by atoms with Crippen molar-refractivity contribution in [2.75, 3.05) is 0 Å². The number of hydrogen-bond donors (Lipinski definition) is 1. The molecule has 1 atom stereocenters. The van der Waals surface area contributed by atoms with Gasteiger partial charge in [-0.2, -0.15) is 0 Å². The number of nitro groups is 1. The van der Waals surface area contributed by atoms with Gasteiger partial charge in [0.2, 0.25) is 0 Å². The highest BCUT2D eigenvalue weighted by Crippen LogP contribution is 2.28. The summed E-state index contributed by atoms with van der Waals surface area (Å²) in [6.45, 7) is 1.87. The number of rotatable bonds is 6. The monoisotopic (exact) mass is 335 g/mol. The van der Waals surface area contributed by atoms with E-state index in [2.05, 4.69) is 5.32 Å². The highest BCUT2D eigenvalue weighted by molar-refractivity contribution is 6.33. The van der Waals surface area contributed by atoms with Gasteiger partial charge in [0.05, 0.1) is 4.92 Å². The van der Waals surface area contributed by atoms with E-state index in [4.69, 9.17) is 11.6 Å². The number of carbonyl (C=O) groups is 1. The Morgan fingerprint density at radius 1 is 1.39 bits per heavy atom. The number of nitrogens with one attached hydrogen (secondary N) is 1. The van der Waals surface area contributed by atoms with E-state index < -0.39 is 10.8 Å². The average molecular weight is 336 g/mol. The third-order valence-corrected chi connectivity index (χ3v) is 3.98.